The number of hydrogen-bond donors (Lipinski definition) is 2. The Balaban J connectivity index is 1.39. The summed E-state index contributed by atoms with van der Waals surface area (Å²) in [6.45, 7) is 5.34. The van der Waals surface area contributed by atoms with Crippen molar-refractivity contribution in [2.45, 2.75) is 69.9 Å². The van der Waals surface area contributed by atoms with Gasteiger partial charge in [-0.05, 0) is 67.3 Å². The van der Waals surface area contributed by atoms with Gasteiger partial charge in [-0.2, -0.15) is 0 Å². The second-order valence-corrected chi connectivity index (χ2v) is 11.7. The molecule has 1 aromatic heterocycles. The number of carbonyl (C=O) groups is 1. The van der Waals surface area contributed by atoms with Gasteiger partial charge in [0.25, 0.3) is 0 Å². The van der Waals surface area contributed by atoms with Gasteiger partial charge in [-0.25, -0.2) is 13.1 Å². The Bertz CT molecular complexity index is 1040. The van der Waals surface area contributed by atoms with Crippen LogP contribution in [0, 0.1) is 17.6 Å². The second-order valence-electron chi connectivity index (χ2n) is 10.1. The summed E-state index contributed by atoms with van der Waals surface area (Å²) in [5.74, 6) is -0.0814. The van der Waals surface area contributed by atoms with Crippen molar-refractivity contribution in [3.63, 3.8) is 0 Å². The Hall–Kier alpha value is -1.74. The molecule has 2 N–H and O–H groups in total. The van der Waals surface area contributed by atoms with Gasteiger partial charge in [0.15, 0.2) is 0 Å². The quantitative estimate of drug-likeness (QED) is 0.339. The van der Waals surface area contributed by atoms with Gasteiger partial charge in [-0.3, -0.25) is 9.78 Å². The summed E-state index contributed by atoms with van der Waals surface area (Å²) in [6, 6.07) is 6.49. The van der Waals surface area contributed by atoms with Crippen LogP contribution in [0.15, 0.2) is 36.7 Å². The molecule has 1 saturated carbocycles. The average molecular weight is 551 g/mol. The van der Waals surface area contributed by atoms with Crippen LogP contribution in [0.5, 0.6) is 0 Å². The molecular formula is C28H37ClF2N4OS. The number of nitrogens with zero attached hydrogens (tertiary/aromatic N) is 2. The van der Waals surface area contributed by atoms with E-state index in [2.05, 4.69) is 26.8 Å². The maximum Gasteiger partial charge on any atom is 0.221 e. The van der Waals surface area contributed by atoms with Crippen LogP contribution in [-0.2, 0) is 4.79 Å². The van der Waals surface area contributed by atoms with Gasteiger partial charge in [0.1, 0.15) is 11.6 Å². The maximum atomic E-state index is 14.3. The maximum absolute atomic E-state index is 14.3. The lowest BCUT2D eigenvalue weighted by molar-refractivity contribution is -0.122. The molecule has 4 rings (SSSR count). The molecule has 0 spiro atoms. The molecule has 2 aliphatic rings. The van der Waals surface area contributed by atoms with E-state index in [4.69, 9.17) is 11.6 Å². The lowest BCUT2D eigenvalue weighted by atomic mass is 9.88. The number of piperazine rings is 1. The highest BCUT2D eigenvalue weighted by atomic mass is 35.5. The van der Waals surface area contributed by atoms with Crippen molar-refractivity contribution in [1.82, 2.24) is 19.9 Å². The zero-order valence-corrected chi connectivity index (χ0v) is 23.0. The molecule has 1 aromatic carbocycles. The predicted octanol–water partition coefficient (Wildman–Crippen LogP) is 5.93. The molecule has 1 aliphatic carbocycles. The molecule has 3 unspecified atom stereocenters. The molecule has 0 bridgehead atoms. The van der Waals surface area contributed by atoms with E-state index < -0.39 is 17.6 Å². The van der Waals surface area contributed by atoms with Crippen molar-refractivity contribution in [2.75, 3.05) is 25.4 Å². The van der Waals surface area contributed by atoms with E-state index in [-0.39, 0.29) is 23.4 Å². The molecule has 37 heavy (non-hydrogen) atoms. The molecule has 1 aliphatic heterocycles. The first-order valence-corrected chi connectivity index (χ1v) is 14.7. The van der Waals surface area contributed by atoms with Crippen molar-refractivity contribution in [3.05, 3.63) is 64.4 Å². The number of amides is 1. The smallest absolute Gasteiger partial charge is 0.221 e. The highest BCUT2D eigenvalue weighted by molar-refractivity contribution is 7.97. The number of nitrogens with one attached hydrogen (secondary N) is 2. The Morgan fingerprint density at radius 1 is 1.24 bits per heavy atom. The minimum absolute atomic E-state index is 0.0120. The van der Waals surface area contributed by atoms with Crippen LogP contribution in [0.2, 0.25) is 5.02 Å². The summed E-state index contributed by atoms with van der Waals surface area (Å²) in [7, 11) is 0. The van der Waals surface area contributed by atoms with E-state index in [1.807, 2.05) is 11.9 Å². The van der Waals surface area contributed by atoms with Crippen molar-refractivity contribution >= 4 is 29.5 Å². The first-order chi connectivity index (χ1) is 17.9. The van der Waals surface area contributed by atoms with Crippen LogP contribution in [0.3, 0.4) is 0 Å². The fourth-order valence-electron chi connectivity index (χ4n) is 5.57. The third-order valence-electron chi connectivity index (χ3n) is 7.50. The van der Waals surface area contributed by atoms with Gasteiger partial charge in [0, 0.05) is 56.0 Å². The average Bonchev–Trinajstić information content (AvgIpc) is 3.33. The minimum Gasteiger partial charge on any atom is -0.353 e. The zero-order chi connectivity index (χ0) is 26.2. The highest BCUT2D eigenvalue weighted by Gasteiger charge is 2.31. The summed E-state index contributed by atoms with van der Waals surface area (Å²) >= 11 is 7.84. The number of hydrogen-bond acceptors (Lipinski definition) is 5. The van der Waals surface area contributed by atoms with Crippen molar-refractivity contribution in [2.24, 2.45) is 5.92 Å². The van der Waals surface area contributed by atoms with E-state index in [9.17, 15) is 13.6 Å². The molecule has 9 heteroatoms. The Morgan fingerprint density at radius 2 is 2.11 bits per heavy atom. The largest absolute Gasteiger partial charge is 0.353 e. The number of aromatic nitrogens is 1. The number of pyridine rings is 1. The van der Waals surface area contributed by atoms with E-state index in [0.717, 1.165) is 63.7 Å². The molecule has 2 heterocycles. The van der Waals surface area contributed by atoms with E-state index in [0.29, 0.717) is 23.1 Å². The molecule has 202 valence electrons. The zero-order valence-electron chi connectivity index (χ0n) is 21.4. The van der Waals surface area contributed by atoms with Crippen LogP contribution in [-0.4, -0.2) is 52.7 Å². The van der Waals surface area contributed by atoms with Crippen molar-refractivity contribution in [1.29, 1.82) is 0 Å². The van der Waals surface area contributed by atoms with Gasteiger partial charge in [0.05, 0.1) is 11.2 Å². The summed E-state index contributed by atoms with van der Waals surface area (Å²) in [5, 5.41) is 6.81. The third kappa shape index (κ3) is 7.88. The van der Waals surface area contributed by atoms with Crippen LogP contribution >= 0.6 is 23.5 Å². The van der Waals surface area contributed by atoms with Crippen LogP contribution in [0.1, 0.15) is 68.9 Å². The van der Waals surface area contributed by atoms with Crippen LogP contribution in [0.4, 0.5) is 8.78 Å². The Kier molecular flexibility index (Phi) is 10.6. The predicted molar refractivity (Wildman–Crippen MR) is 147 cm³/mol. The molecule has 1 saturated heterocycles. The number of halogens is 3. The molecule has 2 aromatic rings. The molecule has 5 nitrogen and oxygen atoms in total. The summed E-state index contributed by atoms with van der Waals surface area (Å²) in [4.78, 5) is 17.2. The van der Waals surface area contributed by atoms with E-state index in [1.54, 1.807) is 6.07 Å². The second kappa shape index (κ2) is 13.9. The Morgan fingerprint density at radius 3 is 2.89 bits per heavy atom. The normalized spacial score (nSPS) is 23.2. The lowest BCUT2D eigenvalue weighted by Crippen LogP contribution is -2.48. The summed E-state index contributed by atoms with van der Waals surface area (Å²) in [6.07, 6.45) is 9.30. The topological polar surface area (TPSA) is 57.3 Å². The fourth-order valence-corrected chi connectivity index (χ4v) is 6.72. The summed E-state index contributed by atoms with van der Waals surface area (Å²) < 4.78 is 30.8. The van der Waals surface area contributed by atoms with Gasteiger partial charge in [0.2, 0.25) is 5.91 Å². The number of rotatable bonds is 11. The van der Waals surface area contributed by atoms with E-state index >= 15 is 0 Å². The molecule has 1 amide bonds. The minimum atomic E-state index is -0.562. The van der Waals surface area contributed by atoms with Gasteiger partial charge in [-0.15, -0.1) is 0 Å². The van der Waals surface area contributed by atoms with Gasteiger partial charge in [-0.1, -0.05) is 43.0 Å². The first-order valence-electron chi connectivity index (χ1n) is 13.4. The number of benzene rings is 1. The fraction of sp³-hybridized carbons (Fsp3) is 0.571. The highest BCUT2D eigenvalue weighted by Crippen LogP contribution is 2.34. The SMILES string of the molecule is CCCSN1CCNCC1CC[C@H]1CCCC1NC(=O)CC(c1cncc(F)c1)c1ccc(Cl)c(F)c1. The van der Waals surface area contributed by atoms with Crippen molar-refractivity contribution in [3.8, 4) is 0 Å². The van der Waals surface area contributed by atoms with Crippen LogP contribution < -0.4 is 10.6 Å². The van der Waals surface area contributed by atoms with E-state index in [1.165, 1.54) is 30.8 Å². The molecule has 2 fully saturated rings. The monoisotopic (exact) mass is 550 g/mol. The van der Waals surface area contributed by atoms with Crippen molar-refractivity contribution < 1.29 is 13.6 Å². The van der Waals surface area contributed by atoms with Gasteiger partial charge >= 0.3 is 0 Å². The van der Waals surface area contributed by atoms with Crippen LogP contribution in [0.25, 0.3) is 0 Å². The molecule has 0 radical (unpaired) electrons. The standard InChI is InChI=1S/C28H37ClF2N4OS/c1-2-12-37-35-11-10-32-18-23(35)8-6-19-4-3-5-27(19)34-28(36)15-24(21-13-22(30)17-33-16-21)20-7-9-25(29)26(31)14-20/h7,9,13-14,16-17,19,23-24,27,32H,2-6,8,10-12,15,18H2,1H3,(H,34,36)/t19-,23?,24?,27?/m1/s1. The number of carbonyl (C=O) groups excluding carboxylic acids is 1. The van der Waals surface area contributed by atoms with Gasteiger partial charge < -0.3 is 10.6 Å². The Labute approximate surface area is 228 Å². The summed E-state index contributed by atoms with van der Waals surface area (Å²) in [5.41, 5.74) is 1.11. The third-order valence-corrected chi connectivity index (χ3v) is 9.21. The molecular weight excluding hydrogens is 514 g/mol. The molecule has 4 atom stereocenters. The first kappa shape index (κ1) is 28.3. The lowest BCUT2D eigenvalue weighted by Gasteiger charge is -2.36.